The zero-order valence-corrected chi connectivity index (χ0v) is 7.06. The lowest BCUT2D eigenvalue weighted by atomic mass is 10.3. The van der Waals surface area contributed by atoms with E-state index >= 15 is 0 Å². The van der Waals surface area contributed by atoms with E-state index in [1.165, 1.54) is 18.3 Å². The fourth-order valence-corrected chi connectivity index (χ4v) is 0.779. The predicted molar refractivity (Wildman–Crippen MR) is 45.3 cm³/mol. The molecular formula is C7H4ClN3O2. The lowest BCUT2D eigenvalue weighted by Crippen LogP contribution is -2.17. The highest BCUT2D eigenvalue weighted by Gasteiger charge is 2.10. The average molecular weight is 198 g/mol. The average Bonchev–Trinajstić information content (AvgIpc) is 2.17. The molecule has 1 aromatic heterocycles. The van der Waals surface area contributed by atoms with Gasteiger partial charge in [0, 0.05) is 11.8 Å². The molecule has 0 aromatic carbocycles. The van der Waals surface area contributed by atoms with Gasteiger partial charge in [0.15, 0.2) is 0 Å². The maximum atomic E-state index is 10.4. The molecule has 1 N–H and O–H groups in total. The molecule has 0 bridgehead atoms. The van der Waals surface area contributed by atoms with Crippen LogP contribution in [0.15, 0.2) is 18.3 Å². The van der Waals surface area contributed by atoms with Gasteiger partial charge in [-0.25, -0.2) is 9.78 Å². The largest absolute Gasteiger partial charge is 0.464 e. The maximum absolute atomic E-state index is 10.4. The van der Waals surface area contributed by atoms with E-state index in [2.05, 4.69) is 4.98 Å². The summed E-state index contributed by atoms with van der Waals surface area (Å²) < 4.78 is 0.494. The number of hydrogen-bond acceptors (Lipinski definition) is 3. The van der Waals surface area contributed by atoms with Gasteiger partial charge < -0.3 is 5.11 Å². The Labute approximate surface area is 78.9 Å². The lowest BCUT2D eigenvalue weighted by Gasteiger charge is -2.07. The molecule has 6 heteroatoms. The number of carbonyl (C=O) groups is 1. The van der Waals surface area contributed by atoms with Gasteiger partial charge in [-0.05, 0) is 12.1 Å². The third-order valence-corrected chi connectivity index (χ3v) is 1.60. The first kappa shape index (κ1) is 9.29. The highest BCUT2D eigenvalue weighted by Crippen LogP contribution is 2.14. The van der Waals surface area contributed by atoms with Crippen molar-refractivity contribution in [3.05, 3.63) is 24.0 Å². The van der Waals surface area contributed by atoms with Crippen LogP contribution in [0.25, 0.3) is 0 Å². The number of anilines is 1. The van der Waals surface area contributed by atoms with Crippen LogP contribution >= 0.6 is 11.8 Å². The van der Waals surface area contributed by atoms with Crippen molar-refractivity contribution in [2.75, 3.05) is 4.42 Å². The van der Waals surface area contributed by atoms with Gasteiger partial charge in [0.25, 0.3) is 0 Å². The number of carboxylic acid groups (broad SMARTS) is 1. The number of nitrogens with zero attached hydrogens (tertiary/aromatic N) is 3. The summed E-state index contributed by atoms with van der Waals surface area (Å²) in [4.78, 5) is 14.0. The van der Waals surface area contributed by atoms with Crippen molar-refractivity contribution in [3.8, 4) is 6.07 Å². The van der Waals surface area contributed by atoms with Gasteiger partial charge in [-0.1, -0.05) is 0 Å². The molecule has 0 atom stereocenters. The minimum Gasteiger partial charge on any atom is -0.464 e. The van der Waals surface area contributed by atoms with Crippen LogP contribution in [0.3, 0.4) is 0 Å². The van der Waals surface area contributed by atoms with Gasteiger partial charge in [0.05, 0.1) is 11.9 Å². The summed E-state index contributed by atoms with van der Waals surface area (Å²) >= 11 is 5.35. The quantitative estimate of drug-likeness (QED) is 0.694. The highest BCUT2D eigenvalue weighted by atomic mass is 35.5. The van der Waals surface area contributed by atoms with Crippen molar-refractivity contribution >= 4 is 23.6 Å². The Bertz CT molecular complexity index is 357. The molecule has 0 fully saturated rings. The number of halogens is 1. The summed E-state index contributed by atoms with van der Waals surface area (Å²) in [5.74, 6) is 0. The van der Waals surface area contributed by atoms with E-state index in [0.29, 0.717) is 4.42 Å². The first-order valence-electron chi connectivity index (χ1n) is 3.20. The zero-order chi connectivity index (χ0) is 9.84. The number of nitriles is 1. The molecule has 0 spiro atoms. The molecule has 0 aliphatic heterocycles. The first-order valence-corrected chi connectivity index (χ1v) is 3.54. The van der Waals surface area contributed by atoms with Gasteiger partial charge in [0.2, 0.25) is 0 Å². The Kier molecular flexibility index (Phi) is 2.67. The third kappa shape index (κ3) is 2.07. The van der Waals surface area contributed by atoms with Gasteiger partial charge in [0.1, 0.15) is 11.8 Å². The summed E-state index contributed by atoms with van der Waals surface area (Å²) in [6.07, 6.45) is -0.0900. The molecule has 0 radical (unpaired) electrons. The summed E-state index contributed by atoms with van der Waals surface area (Å²) in [5.41, 5.74) is 0.410. The maximum Gasteiger partial charge on any atom is 0.426 e. The molecular weight excluding hydrogens is 194 g/mol. The van der Waals surface area contributed by atoms with Gasteiger partial charge in [-0.2, -0.15) is 9.68 Å². The van der Waals surface area contributed by atoms with E-state index in [1.807, 2.05) is 0 Å². The van der Waals surface area contributed by atoms with E-state index in [0.717, 1.165) is 0 Å². The molecule has 0 unspecified atom stereocenters. The fraction of sp³-hybridized carbons (Fsp3) is 0. The molecule has 1 heterocycles. The van der Waals surface area contributed by atoms with Crippen molar-refractivity contribution in [2.45, 2.75) is 0 Å². The number of rotatable bonds is 1. The normalized spacial score (nSPS) is 8.92. The Hall–Kier alpha value is -1.80. The smallest absolute Gasteiger partial charge is 0.426 e. The summed E-state index contributed by atoms with van der Waals surface area (Å²) in [6, 6.07) is 4.58. The van der Waals surface area contributed by atoms with E-state index in [-0.39, 0.29) is 11.4 Å². The third-order valence-electron chi connectivity index (χ3n) is 1.26. The highest BCUT2D eigenvalue weighted by molar-refractivity contribution is 6.35. The summed E-state index contributed by atoms with van der Waals surface area (Å²) in [5, 5.41) is 16.9. The Balaban J connectivity index is 2.93. The van der Waals surface area contributed by atoms with Crippen molar-refractivity contribution in [3.63, 3.8) is 0 Å². The van der Waals surface area contributed by atoms with Gasteiger partial charge in [-0.15, -0.1) is 0 Å². The molecule has 0 aliphatic rings. The van der Waals surface area contributed by atoms with Crippen molar-refractivity contribution < 1.29 is 9.90 Å². The second-order valence-electron chi connectivity index (χ2n) is 2.08. The molecule has 66 valence electrons. The van der Waals surface area contributed by atoms with Gasteiger partial charge in [-0.3, -0.25) is 0 Å². The van der Waals surface area contributed by atoms with Crippen molar-refractivity contribution in [2.24, 2.45) is 0 Å². The minimum atomic E-state index is -1.30. The predicted octanol–water partition coefficient (Wildman–Crippen LogP) is 1.59. The minimum absolute atomic E-state index is 0.202. The summed E-state index contributed by atoms with van der Waals surface area (Å²) in [6.45, 7) is 0. The monoisotopic (exact) mass is 197 g/mol. The summed E-state index contributed by atoms with van der Waals surface area (Å²) in [7, 11) is 0. The van der Waals surface area contributed by atoms with Crippen LogP contribution < -0.4 is 4.42 Å². The van der Waals surface area contributed by atoms with Crippen LogP contribution in [-0.2, 0) is 0 Å². The van der Waals surface area contributed by atoms with Gasteiger partial charge >= 0.3 is 6.09 Å². The van der Waals surface area contributed by atoms with Crippen LogP contribution in [-0.4, -0.2) is 16.2 Å². The Morgan fingerprint density at radius 3 is 2.77 bits per heavy atom. The second-order valence-corrected chi connectivity index (χ2v) is 2.41. The van der Waals surface area contributed by atoms with Crippen LogP contribution in [0.2, 0.25) is 0 Å². The molecule has 0 aliphatic carbocycles. The number of pyridine rings is 1. The molecule has 13 heavy (non-hydrogen) atoms. The van der Waals surface area contributed by atoms with Crippen LogP contribution in [0.4, 0.5) is 10.5 Å². The zero-order valence-electron chi connectivity index (χ0n) is 6.31. The fourth-order valence-electron chi connectivity index (χ4n) is 0.679. The molecule has 0 saturated heterocycles. The van der Waals surface area contributed by atoms with Crippen LogP contribution in [0.1, 0.15) is 5.69 Å². The van der Waals surface area contributed by atoms with Crippen LogP contribution in [0, 0.1) is 11.3 Å². The lowest BCUT2D eigenvalue weighted by molar-refractivity contribution is 0.206. The SMILES string of the molecule is N#Cc1ccc(N(Cl)C(=O)O)cn1. The van der Waals surface area contributed by atoms with E-state index in [9.17, 15) is 4.79 Å². The van der Waals surface area contributed by atoms with Crippen LogP contribution in [0.5, 0.6) is 0 Å². The second kappa shape index (κ2) is 3.74. The van der Waals surface area contributed by atoms with E-state index in [4.69, 9.17) is 22.1 Å². The van der Waals surface area contributed by atoms with Crippen molar-refractivity contribution in [1.29, 1.82) is 5.26 Å². The van der Waals surface area contributed by atoms with Crippen molar-refractivity contribution in [1.82, 2.24) is 4.98 Å². The number of amides is 1. The Morgan fingerprint density at radius 1 is 1.69 bits per heavy atom. The molecule has 1 amide bonds. The first-order chi connectivity index (χ1) is 6.15. The molecule has 1 aromatic rings. The number of aromatic nitrogens is 1. The Morgan fingerprint density at radius 2 is 2.38 bits per heavy atom. The standard InChI is InChI=1S/C7H4ClN3O2/c8-11(7(12)13)6-2-1-5(3-9)10-4-6/h1-2,4H,(H,12,13). The molecule has 5 nitrogen and oxygen atoms in total. The van der Waals surface area contributed by atoms with E-state index < -0.39 is 6.09 Å². The number of hydrogen-bond donors (Lipinski definition) is 1. The van der Waals surface area contributed by atoms with E-state index in [1.54, 1.807) is 6.07 Å². The molecule has 0 saturated carbocycles. The molecule has 1 rings (SSSR count). The topological polar surface area (TPSA) is 77.2 Å².